The average molecular weight is 169 g/mol. The Morgan fingerprint density at radius 3 is 2.33 bits per heavy atom. The first-order valence-corrected chi connectivity index (χ1v) is 3.99. The van der Waals surface area contributed by atoms with E-state index in [4.69, 9.17) is 10.4 Å². The predicted molar refractivity (Wildman–Crippen MR) is 45.4 cm³/mol. The lowest BCUT2D eigenvalue weighted by atomic mass is 9.87. The molecule has 0 bridgehead atoms. The van der Waals surface area contributed by atoms with Crippen molar-refractivity contribution in [1.29, 1.82) is 5.26 Å². The van der Waals surface area contributed by atoms with Gasteiger partial charge in [0, 0.05) is 0 Å². The summed E-state index contributed by atoms with van der Waals surface area (Å²) in [6, 6.07) is 1.77. The molecule has 12 heavy (non-hydrogen) atoms. The van der Waals surface area contributed by atoms with Gasteiger partial charge in [0.15, 0.2) is 0 Å². The topological polar surface area (TPSA) is 61.1 Å². The van der Waals surface area contributed by atoms with Gasteiger partial charge < -0.3 is 5.11 Å². The zero-order valence-electron chi connectivity index (χ0n) is 7.79. The minimum absolute atomic E-state index is 0.102. The minimum atomic E-state index is -1.01. The van der Waals surface area contributed by atoms with E-state index < -0.39 is 11.9 Å². The molecule has 0 aromatic rings. The Balaban J connectivity index is 3.92. The molecule has 3 nitrogen and oxygen atoms in total. The summed E-state index contributed by atoms with van der Waals surface area (Å²) in [5.74, 6) is -1.86. The second kappa shape index (κ2) is 4.10. The lowest BCUT2D eigenvalue weighted by molar-refractivity contribution is -0.140. The number of carboxylic acid groups (broad SMARTS) is 1. The van der Waals surface area contributed by atoms with Crippen LogP contribution < -0.4 is 0 Å². The predicted octanol–water partition coefficient (Wildman–Crippen LogP) is 2.04. The van der Waals surface area contributed by atoms with Crippen LogP contribution in [0.3, 0.4) is 0 Å². The van der Waals surface area contributed by atoms with E-state index in [1.54, 1.807) is 6.07 Å². The molecule has 0 rings (SSSR count). The number of hydrogen-bond donors (Lipinski definition) is 1. The summed E-state index contributed by atoms with van der Waals surface area (Å²) in [6.07, 6.45) is 1.20. The summed E-state index contributed by atoms with van der Waals surface area (Å²) in [5, 5.41) is 17.0. The van der Waals surface area contributed by atoms with Crippen LogP contribution in [-0.2, 0) is 4.79 Å². The van der Waals surface area contributed by atoms with Crippen LogP contribution in [0.2, 0.25) is 0 Å². The van der Waals surface area contributed by atoms with Gasteiger partial charge in [-0.15, -0.1) is 0 Å². The standard InChI is InChI=1S/C9H15NO2/c1-9(2,3)5-4-7(6-10)8(11)12/h7H,4-5H2,1-3H3,(H,11,12). The third-order valence-corrected chi connectivity index (χ3v) is 1.64. The van der Waals surface area contributed by atoms with Crippen molar-refractivity contribution in [2.24, 2.45) is 11.3 Å². The maximum Gasteiger partial charge on any atom is 0.320 e. The van der Waals surface area contributed by atoms with Crippen LogP contribution in [0.15, 0.2) is 0 Å². The lowest BCUT2D eigenvalue weighted by Gasteiger charge is -2.18. The van der Waals surface area contributed by atoms with Crippen molar-refractivity contribution < 1.29 is 9.90 Å². The van der Waals surface area contributed by atoms with Crippen LogP contribution >= 0.6 is 0 Å². The minimum Gasteiger partial charge on any atom is -0.480 e. The number of hydrogen-bond acceptors (Lipinski definition) is 2. The van der Waals surface area contributed by atoms with Gasteiger partial charge in [0.05, 0.1) is 6.07 Å². The van der Waals surface area contributed by atoms with Crippen molar-refractivity contribution >= 4 is 5.97 Å². The number of carbonyl (C=O) groups is 1. The molecule has 68 valence electrons. The van der Waals surface area contributed by atoms with Gasteiger partial charge in [-0.2, -0.15) is 5.26 Å². The molecule has 0 heterocycles. The molecule has 3 heteroatoms. The van der Waals surface area contributed by atoms with Gasteiger partial charge in [-0.1, -0.05) is 20.8 Å². The summed E-state index contributed by atoms with van der Waals surface area (Å²) < 4.78 is 0. The number of rotatable bonds is 3. The maximum absolute atomic E-state index is 10.4. The second-order valence-corrected chi connectivity index (χ2v) is 4.12. The zero-order valence-corrected chi connectivity index (χ0v) is 7.79. The molecule has 0 aromatic carbocycles. The Labute approximate surface area is 73.0 Å². The van der Waals surface area contributed by atoms with Crippen molar-refractivity contribution in [2.75, 3.05) is 0 Å². The number of carboxylic acids is 1. The highest BCUT2D eigenvalue weighted by molar-refractivity contribution is 5.72. The molecule has 0 spiro atoms. The van der Waals surface area contributed by atoms with Gasteiger partial charge in [-0.3, -0.25) is 4.79 Å². The fourth-order valence-corrected chi connectivity index (χ4v) is 0.821. The number of aliphatic carboxylic acids is 1. The van der Waals surface area contributed by atoms with Crippen LogP contribution in [0, 0.1) is 22.7 Å². The first-order valence-electron chi connectivity index (χ1n) is 3.99. The first-order chi connectivity index (χ1) is 5.37. The van der Waals surface area contributed by atoms with E-state index >= 15 is 0 Å². The van der Waals surface area contributed by atoms with Gasteiger partial charge >= 0.3 is 5.97 Å². The fraction of sp³-hybridized carbons (Fsp3) is 0.778. The van der Waals surface area contributed by atoms with Gasteiger partial charge in [0.1, 0.15) is 5.92 Å². The molecule has 0 radical (unpaired) electrons. The van der Waals surface area contributed by atoms with E-state index in [0.717, 1.165) is 6.42 Å². The van der Waals surface area contributed by atoms with Crippen molar-refractivity contribution in [2.45, 2.75) is 33.6 Å². The van der Waals surface area contributed by atoms with Crippen LogP contribution in [0.4, 0.5) is 0 Å². The van der Waals surface area contributed by atoms with Gasteiger partial charge in [-0.05, 0) is 18.3 Å². The summed E-state index contributed by atoms with van der Waals surface area (Å²) in [6.45, 7) is 6.09. The monoisotopic (exact) mass is 169 g/mol. The second-order valence-electron chi connectivity index (χ2n) is 4.12. The van der Waals surface area contributed by atoms with Crippen LogP contribution in [0.25, 0.3) is 0 Å². The molecule has 1 unspecified atom stereocenters. The molecule has 0 aliphatic rings. The molecule has 1 atom stereocenters. The molecule has 0 fully saturated rings. The summed E-state index contributed by atoms with van der Waals surface area (Å²) >= 11 is 0. The van der Waals surface area contributed by atoms with Crippen molar-refractivity contribution in [3.05, 3.63) is 0 Å². The highest BCUT2D eigenvalue weighted by Gasteiger charge is 2.19. The molecule has 0 aliphatic heterocycles. The van der Waals surface area contributed by atoms with Gasteiger partial charge in [0.2, 0.25) is 0 Å². The van der Waals surface area contributed by atoms with E-state index in [0.29, 0.717) is 6.42 Å². The van der Waals surface area contributed by atoms with Crippen LogP contribution in [0.1, 0.15) is 33.6 Å². The highest BCUT2D eigenvalue weighted by Crippen LogP contribution is 2.23. The normalized spacial score (nSPS) is 13.5. The molecule has 0 aromatic heterocycles. The Morgan fingerprint density at radius 1 is 1.58 bits per heavy atom. The lowest BCUT2D eigenvalue weighted by Crippen LogP contribution is -2.15. The SMILES string of the molecule is CC(C)(C)CCC(C#N)C(=O)O. The van der Waals surface area contributed by atoms with Crippen molar-refractivity contribution in [1.82, 2.24) is 0 Å². The highest BCUT2D eigenvalue weighted by atomic mass is 16.4. The van der Waals surface area contributed by atoms with Gasteiger partial charge in [-0.25, -0.2) is 0 Å². The molecule has 0 amide bonds. The quantitative estimate of drug-likeness (QED) is 0.703. The van der Waals surface area contributed by atoms with Crippen molar-refractivity contribution in [3.63, 3.8) is 0 Å². The number of nitriles is 1. The number of nitrogens with zero attached hydrogens (tertiary/aromatic N) is 1. The van der Waals surface area contributed by atoms with E-state index in [1.165, 1.54) is 0 Å². The first kappa shape index (κ1) is 11.0. The van der Waals surface area contributed by atoms with E-state index in [9.17, 15) is 4.79 Å². The molecule has 0 aliphatic carbocycles. The van der Waals surface area contributed by atoms with Crippen molar-refractivity contribution in [3.8, 4) is 6.07 Å². The summed E-state index contributed by atoms with van der Waals surface area (Å²) in [4.78, 5) is 10.4. The molecular formula is C9H15NO2. The molecule has 0 saturated heterocycles. The Bertz CT molecular complexity index is 198. The maximum atomic E-state index is 10.4. The van der Waals surface area contributed by atoms with E-state index in [-0.39, 0.29) is 5.41 Å². The Kier molecular flexibility index (Phi) is 3.75. The summed E-state index contributed by atoms with van der Waals surface area (Å²) in [7, 11) is 0. The largest absolute Gasteiger partial charge is 0.480 e. The third-order valence-electron chi connectivity index (χ3n) is 1.64. The molecule has 0 saturated carbocycles. The molecule has 1 N–H and O–H groups in total. The fourth-order valence-electron chi connectivity index (χ4n) is 0.821. The third kappa shape index (κ3) is 4.73. The average Bonchev–Trinajstić information content (AvgIpc) is 1.85. The van der Waals surface area contributed by atoms with Gasteiger partial charge in [0.25, 0.3) is 0 Å². The zero-order chi connectivity index (χ0) is 9.78. The Morgan fingerprint density at radius 2 is 2.08 bits per heavy atom. The van der Waals surface area contributed by atoms with E-state index in [2.05, 4.69) is 0 Å². The summed E-state index contributed by atoms with van der Waals surface area (Å²) in [5.41, 5.74) is 0.102. The smallest absolute Gasteiger partial charge is 0.320 e. The van der Waals surface area contributed by atoms with Crippen LogP contribution in [0.5, 0.6) is 0 Å². The van der Waals surface area contributed by atoms with E-state index in [1.807, 2.05) is 20.8 Å². The Hall–Kier alpha value is -1.04. The van der Waals surface area contributed by atoms with Crippen LogP contribution in [-0.4, -0.2) is 11.1 Å². The molecular weight excluding hydrogens is 154 g/mol.